The molecule has 1 aromatic carbocycles. The van der Waals surface area contributed by atoms with Gasteiger partial charge < -0.3 is 16.0 Å². The van der Waals surface area contributed by atoms with Crippen molar-refractivity contribution < 1.29 is 4.79 Å². The minimum absolute atomic E-state index is 0.0189. The number of amides is 1. The van der Waals surface area contributed by atoms with Gasteiger partial charge >= 0.3 is 0 Å². The first-order valence-electron chi connectivity index (χ1n) is 6.64. The number of anilines is 2. The quantitative estimate of drug-likeness (QED) is 0.684. The Labute approximate surface area is 126 Å². The number of aromatic nitrogens is 4. The molecule has 0 saturated carbocycles. The first kappa shape index (κ1) is 13.7. The number of carbonyl (C=O) groups excluding carboxylic acids is 1. The summed E-state index contributed by atoms with van der Waals surface area (Å²) < 4.78 is 0. The Morgan fingerprint density at radius 2 is 2.05 bits per heavy atom. The Hall–Kier alpha value is -3.22. The standard InChI is InChI=1S/C15H14N6O/c1-9-8-18-13(19-9)10-4-2-3-5-11(10)20-15(22)14-17-7-6-12(16)21-14/h2-8H,1H3,(H,18,19)(H,20,22)(H2,16,17,21). The number of aromatic amines is 1. The van der Waals surface area contributed by atoms with Gasteiger partial charge in [0.2, 0.25) is 5.82 Å². The molecule has 2 aromatic heterocycles. The van der Waals surface area contributed by atoms with Gasteiger partial charge in [-0.2, -0.15) is 0 Å². The van der Waals surface area contributed by atoms with Crippen molar-refractivity contribution >= 4 is 17.4 Å². The Morgan fingerprint density at radius 3 is 2.77 bits per heavy atom. The zero-order chi connectivity index (χ0) is 15.5. The molecule has 0 bridgehead atoms. The van der Waals surface area contributed by atoms with Gasteiger partial charge in [0.1, 0.15) is 11.6 Å². The predicted molar refractivity (Wildman–Crippen MR) is 83.2 cm³/mol. The third-order valence-corrected chi connectivity index (χ3v) is 3.01. The van der Waals surface area contributed by atoms with E-state index >= 15 is 0 Å². The Kier molecular flexibility index (Phi) is 3.53. The number of hydrogen-bond acceptors (Lipinski definition) is 5. The second kappa shape index (κ2) is 5.65. The van der Waals surface area contributed by atoms with Crippen LogP contribution in [0.25, 0.3) is 11.4 Å². The monoisotopic (exact) mass is 294 g/mol. The van der Waals surface area contributed by atoms with E-state index in [2.05, 4.69) is 25.3 Å². The first-order chi connectivity index (χ1) is 10.6. The minimum Gasteiger partial charge on any atom is -0.384 e. The molecular weight excluding hydrogens is 280 g/mol. The number of aryl methyl sites for hydroxylation is 1. The molecule has 2 heterocycles. The molecule has 22 heavy (non-hydrogen) atoms. The van der Waals surface area contributed by atoms with E-state index < -0.39 is 5.91 Å². The van der Waals surface area contributed by atoms with Crippen molar-refractivity contribution in [3.63, 3.8) is 0 Å². The smallest absolute Gasteiger partial charge is 0.293 e. The molecule has 0 unspecified atom stereocenters. The second-order valence-corrected chi connectivity index (χ2v) is 4.72. The van der Waals surface area contributed by atoms with Gasteiger partial charge in [-0.05, 0) is 25.1 Å². The maximum Gasteiger partial charge on any atom is 0.293 e. The van der Waals surface area contributed by atoms with Crippen LogP contribution in [0, 0.1) is 6.92 Å². The summed E-state index contributed by atoms with van der Waals surface area (Å²) >= 11 is 0. The number of nitrogens with two attached hydrogens (primary N) is 1. The lowest BCUT2D eigenvalue weighted by molar-refractivity contribution is 0.101. The van der Waals surface area contributed by atoms with Gasteiger partial charge in [0.15, 0.2) is 0 Å². The Bertz CT molecular complexity index is 826. The number of benzene rings is 1. The highest BCUT2D eigenvalue weighted by molar-refractivity contribution is 6.03. The van der Waals surface area contributed by atoms with Crippen LogP contribution >= 0.6 is 0 Å². The van der Waals surface area contributed by atoms with E-state index in [0.29, 0.717) is 11.5 Å². The van der Waals surface area contributed by atoms with Gasteiger partial charge in [0.25, 0.3) is 5.91 Å². The molecule has 3 aromatic rings. The molecule has 4 N–H and O–H groups in total. The van der Waals surface area contributed by atoms with Crippen LogP contribution in [0.5, 0.6) is 0 Å². The van der Waals surface area contributed by atoms with Crippen molar-refractivity contribution in [3.05, 3.63) is 54.2 Å². The number of H-pyrrole nitrogens is 1. The van der Waals surface area contributed by atoms with Crippen LogP contribution in [0.4, 0.5) is 11.5 Å². The molecule has 0 aliphatic heterocycles. The van der Waals surface area contributed by atoms with Crippen LogP contribution in [0.3, 0.4) is 0 Å². The number of para-hydroxylation sites is 1. The van der Waals surface area contributed by atoms with Gasteiger partial charge in [0, 0.05) is 23.7 Å². The molecule has 0 radical (unpaired) electrons. The fourth-order valence-corrected chi connectivity index (χ4v) is 2.01. The number of nitrogens with one attached hydrogen (secondary N) is 2. The maximum atomic E-state index is 12.2. The van der Waals surface area contributed by atoms with Gasteiger partial charge in [-0.1, -0.05) is 12.1 Å². The van der Waals surface area contributed by atoms with Gasteiger partial charge in [-0.25, -0.2) is 15.0 Å². The molecular formula is C15H14N6O. The fraction of sp³-hybridized carbons (Fsp3) is 0.0667. The summed E-state index contributed by atoms with van der Waals surface area (Å²) in [5.74, 6) is 0.519. The van der Waals surface area contributed by atoms with E-state index in [0.717, 1.165) is 11.3 Å². The zero-order valence-corrected chi connectivity index (χ0v) is 11.9. The summed E-state index contributed by atoms with van der Waals surface area (Å²) in [5, 5.41) is 2.78. The van der Waals surface area contributed by atoms with Crippen molar-refractivity contribution in [3.8, 4) is 11.4 Å². The summed E-state index contributed by atoms with van der Waals surface area (Å²) in [6.45, 7) is 1.91. The molecule has 0 atom stereocenters. The molecule has 0 aliphatic carbocycles. The number of rotatable bonds is 3. The van der Waals surface area contributed by atoms with Crippen molar-refractivity contribution in [2.24, 2.45) is 0 Å². The van der Waals surface area contributed by atoms with E-state index in [9.17, 15) is 4.79 Å². The molecule has 0 spiro atoms. The average Bonchev–Trinajstić information content (AvgIpc) is 2.94. The highest BCUT2D eigenvalue weighted by atomic mass is 16.2. The molecule has 0 fully saturated rings. The Morgan fingerprint density at radius 1 is 1.23 bits per heavy atom. The first-order valence-corrected chi connectivity index (χ1v) is 6.64. The molecule has 0 aliphatic rings. The van der Waals surface area contributed by atoms with E-state index in [-0.39, 0.29) is 11.6 Å². The van der Waals surface area contributed by atoms with Crippen molar-refractivity contribution in [2.75, 3.05) is 11.1 Å². The van der Waals surface area contributed by atoms with Crippen LogP contribution < -0.4 is 11.1 Å². The largest absolute Gasteiger partial charge is 0.384 e. The second-order valence-electron chi connectivity index (χ2n) is 4.72. The molecule has 1 amide bonds. The van der Waals surface area contributed by atoms with Gasteiger partial charge in [-0.15, -0.1) is 0 Å². The Balaban J connectivity index is 1.91. The molecule has 0 saturated heterocycles. The summed E-state index contributed by atoms with van der Waals surface area (Å²) in [4.78, 5) is 27.5. The van der Waals surface area contributed by atoms with Crippen LogP contribution in [0.2, 0.25) is 0 Å². The lowest BCUT2D eigenvalue weighted by atomic mass is 10.1. The number of hydrogen-bond donors (Lipinski definition) is 3. The molecule has 7 heteroatoms. The highest BCUT2D eigenvalue weighted by Gasteiger charge is 2.14. The van der Waals surface area contributed by atoms with Crippen LogP contribution in [0.15, 0.2) is 42.7 Å². The summed E-state index contributed by atoms with van der Waals surface area (Å²) in [6.07, 6.45) is 3.17. The molecule has 110 valence electrons. The third kappa shape index (κ3) is 2.78. The summed E-state index contributed by atoms with van der Waals surface area (Å²) in [7, 11) is 0. The lowest BCUT2D eigenvalue weighted by Gasteiger charge is -2.08. The van der Waals surface area contributed by atoms with Crippen LogP contribution in [0.1, 0.15) is 16.3 Å². The topological polar surface area (TPSA) is 110 Å². The number of nitrogen functional groups attached to an aromatic ring is 1. The number of carbonyl (C=O) groups is 1. The van der Waals surface area contributed by atoms with Gasteiger partial charge in [-0.3, -0.25) is 4.79 Å². The number of nitrogens with zero attached hydrogens (tertiary/aromatic N) is 3. The van der Waals surface area contributed by atoms with E-state index in [1.165, 1.54) is 12.3 Å². The average molecular weight is 294 g/mol. The lowest BCUT2D eigenvalue weighted by Crippen LogP contribution is -2.16. The van der Waals surface area contributed by atoms with Crippen molar-refractivity contribution in [2.45, 2.75) is 6.92 Å². The predicted octanol–water partition coefficient (Wildman–Crippen LogP) is 2.01. The molecule has 3 rings (SSSR count). The normalized spacial score (nSPS) is 10.4. The summed E-state index contributed by atoms with van der Waals surface area (Å²) in [6, 6.07) is 8.89. The highest BCUT2D eigenvalue weighted by Crippen LogP contribution is 2.25. The minimum atomic E-state index is -0.428. The van der Waals surface area contributed by atoms with Gasteiger partial charge in [0.05, 0.1) is 5.69 Å². The van der Waals surface area contributed by atoms with E-state index in [1.54, 1.807) is 12.3 Å². The number of imidazole rings is 1. The maximum absolute atomic E-state index is 12.2. The van der Waals surface area contributed by atoms with E-state index in [4.69, 9.17) is 5.73 Å². The van der Waals surface area contributed by atoms with E-state index in [1.807, 2.05) is 25.1 Å². The van der Waals surface area contributed by atoms with Crippen molar-refractivity contribution in [1.82, 2.24) is 19.9 Å². The molecule has 7 nitrogen and oxygen atoms in total. The zero-order valence-electron chi connectivity index (χ0n) is 11.9. The third-order valence-electron chi connectivity index (χ3n) is 3.01. The van der Waals surface area contributed by atoms with Crippen LogP contribution in [-0.4, -0.2) is 25.8 Å². The van der Waals surface area contributed by atoms with Crippen LogP contribution in [-0.2, 0) is 0 Å². The fourth-order valence-electron chi connectivity index (χ4n) is 2.01. The van der Waals surface area contributed by atoms with Crippen molar-refractivity contribution in [1.29, 1.82) is 0 Å². The SMILES string of the molecule is Cc1cnc(-c2ccccc2NC(=O)c2nccc(N)n2)[nH]1. The summed E-state index contributed by atoms with van der Waals surface area (Å²) in [5.41, 5.74) is 7.91.